The maximum Gasteiger partial charge on any atom is 0.238 e. The van der Waals surface area contributed by atoms with Crippen LogP contribution in [0.3, 0.4) is 0 Å². The van der Waals surface area contributed by atoms with Crippen LogP contribution < -0.4 is 5.32 Å². The van der Waals surface area contributed by atoms with Crippen molar-refractivity contribution in [3.63, 3.8) is 0 Å². The van der Waals surface area contributed by atoms with Crippen molar-refractivity contribution >= 4 is 11.6 Å². The number of para-hydroxylation sites is 1. The van der Waals surface area contributed by atoms with Gasteiger partial charge in [0.05, 0.1) is 12.3 Å². The highest BCUT2D eigenvalue weighted by molar-refractivity contribution is 5.91. The van der Waals surface area contributed by atoms with E-state index in [-0.39, 0.29) is 18.2 Å². The van der Waals surface area contributed by atoms with Gasteiger partial charge in [0.1, 0.15) is 0 Å². The Bertz CT molecular complexity index is 992. The number of aromatic nitrogens is 2. The Kier molecular flexibility index (Phi) is 5.24. The summed E-state index contributed by atoms with van der Waals surface area (Å²) in [6.07, 6.45) is 0.0503. The topological polar surface area (TPSA) is 68.0 Å². The summed E-state index contributed by atoms with van der Waals surface area (Å²) in [6, 6.07) is 29.3. The first-order valence-electron chi connectivity index (χ1n) is 9.07. The molecule has 4 rings (SSSR count). The van der Waals surface area contributed by atoms with Crippen molar-refractivity contribution in [1.82, 2.24) is 10.1 Å². The molecule has 3 aromatic carbocycles. The number of hydrogen-bond acceptors (Lipinski definition) is 4. The van der Waals surface area contributed by atoms with E-state index in [1.807, 2.05) is 91.0 Å². The van der Waals surface area contributed by atoms with E-state index in [1.54, 1.807) is 0 Å². The highest BCUT2D eigenvalue weighted by Crippen LogP contribution is 2.30. The second kappa shape index (κ2) is 8.31. The van der Waals surface area contributed by atoms with Crippen molar-refractivity contribution in [3.8, 4) is 0 Å². The van der Waals surface area contributed by atoms with E-state index in [4.69, 9.17) is 4.52 Å². The number of benzene rings is 3. The minimum absolute atomic E-state index is 0.0503. The van der Waals surface area contributed by atoms with Crippen LogP contribution in [-0.4, -0.2) is 16.0 Å². The van der Waals surface area contributed by atoms with E-state index in [9.17, 15) is 4.79 Å². The van der Waals surface area contributed by atoms with E-state index < -0.39 is 0 Å². The third-order valence-electron chi connectivity index (χ3n) is 4.37. The molecule has 138 valence electrons. The molecule has 0 radical (unpaired) electrons. The molecule has 28 heavy (non-hydrogen) atoms. The largest absolute Gasteiger partial charge is 0.338 e. The van der Waals surface area contributed by atoms with Gasteiger partial charge in [-0.15, -0.1) is 0 Å². The molecule has 1 aromatic heterocycles. The van der Waals surface area contributed by atoms with Gasteiger partial charge in [-0.05, 0) is 23.3 Å². The van der Waals surface area contributed by atoms with Crippen LogP contribution in [0.5, 0.6) is 0 Å². The molecule has 0 atom stereocenters. The highest BCUT2D eigenvalue weighted by Gasteiger charge is 2.23. The van der Waals surface area contributed by atoms with Crippen molar-refractivity contribution in [1.29, 1.82) is 0 Å². The molecule has 0 unspecified atom stereocenters. The first-order chi connectivity index (χ1) is 13.8. The Hall–Kier alpha value is -3.73. The van der Waals surface area contributed by atoms with E-state index in [2.05, 4.69) is 15.5 Å². The number of nitrogens with zero attached hydrogens (tertiary/aromatic N) is 2. The zero-order valence-electron chi connectivity index (χ0n) is 15.2. The van der Waals surface area contributed by atoms with Crippen LogP contribution in [0.15, 0.2) is 95.5 Å². The summed E-state index contributed by atoms with van der Waals surface area (Å²) in [7, 11) is 0. The van der Waals surface area contributed by atoms with Crippen LogP contribution in [0.1, 0.15) is 28.8 Å². The van der Waals surface area contributed by atoms with Gasteiger partial charge in [-0.2, -0.15) is 4.98 Å². The summed E-state index contributed by atoms with van der Waals surface area (Å²) in [5.74, 6) is 0.468. The van der Waals surface area contributed by atoms with Gasteiger partial charge >= 0.3 is 0 Å². The fraction of sp³-hybridized carbons (Fsp3) is 0.0870. The van der Waals surface area contributed by atoms with Crippen LogP contribution in [-0.2, 0) is 11.2 Å². The lowest BCUT2D eigenvalue weighted by Gasteiger charge is -2.13. The predicted octanol–water partition coefficient (Wildman–Crippen LogP) is 4.43. The van der Waals surface area contributed by atoms with Gasteiger partial charge in [0.25, 0.3) is 0 Å². The molecule has 0 bridgehead atoms. The van der Waals surface area contributed by atoms with Crippen molar-refractivity contribution in [3.05, 3.63) is 114 Å². The van der Waals surface area contributed by atoms with Gasteiger partial charge in [-0.1, -0.05) is 84.0 Å². The van der Waals surface area contributed by atoms with E-state index in [0.717, 1.165) is 16.8 Å². The zero-order chi connectivity index (χ0) is 19.2. The number of carbonyl (C=O) groups is 1. The Morgan fingerprint density at radius 1 is 0.821 bits per heavy atom. The molecule has 0 aliphatic carbocycles. The van der Waals surface area contributed by atoms with Crippen molar-refractivity contribution in [2.24, 2.45) is 0 Å². The van der Waals surface area contributed by atoms with E-state index in [1.165, 1.54) is 0 Å². The number of nitrogens with one attached hydrogen (secondary N) is 1. The molecular formula is C23H19N3O2. The maximum atomic E-state index is 12.3. The van der Waals surface area contributed by atoms with Gasteiger partial charge < -0.3 is 9.84 Å². The summed E-state index contributed by atoms with van der Waals surface area (Å²) in [5.41, 5.74) is 2.85. The summed E-state index contributed by atoms with van der Waals surface area (Å²) >= 11 is 0. The molecule has 1 heterocycles. The van der Waals surface area contributed by atoms with Gasteiger partial charge in [0, 0.05) is 5.69 Å². The number of rotatable bonds is 6. The Morgan fingerprint density at radius 3 is 1.93 bits per heavy atom. The molecule has 5 nitrogen and oxygen atoms in total. The Morgan fingerprint density at radius 2 is 1.36 bits per heavy atom. The third kappa shape index (κ3) is 4.15. The van der Waals surface area contributed by atoms with Gasteiger partial charge in [-0.25, -0.2) is 0 Å². The molecule has 1 amide bonds. The number of anilines is 1. The molecule has 0 aliphatic rings. The quantitative estimate of drug-likeness (QED) is 0.546. The molecule has 0 fully saturated rings. The normalized spacial score (nSPS) is 10.8. The summed E-state index contributed by atoms with van der Waals surface area (Å²) in [6.45, 7) is 0. The van der Waals surface area contributed by atoms with E-state index >= 15 is 0 Å². The van der Waals surface area contributed by atoms with Crippen molar-refractivity contribution in [2.75, 3.05) is 5.32 Å². The smallest absolute Gasteiger partial charge is 0.238 e. The standard InChI is InChI=1S/C23H19N3O2/c27-21(24-19-14-8-3-9-15-19)16-20-25-23(28-26-20)22(17-10-4-1-5-11-17)18-12-6-2-7-13-18/h1-15,22H,16H2,(H,24,27). The Labute approximate surface area is 163 Å². The lowest BCUT2D eigenvalue weighted by Crippen LogP contribution is -2.15. The van der Waals surface area contributed by atoms with Gasteiger partial charge in [-0.3, -0.25) is 4.79 Å². The van der Waals surface area contributed by atoms with Crippen LogP contribution in [0.2, 0.25) is 0 Å². The monoisotopic (exact) mass is 369 g/mol. The maximum absolute atomic E-state index is 12.3. The predicted molar refractivity (Wildman–Crippen MR) is 107 cm³/mol. The second-order valence-corrected chi connectivity index (χ2v) is 6.39. The first-order valence-corrected chi connectivity index (χ1v) is 9.07. The van der Waals surface area contributed by atoms with Gasteiger partial charge in [0.15, 0.2) is 5.82 Å². The molecular weight excluding hydrogens is 350 g/mol. The Balaban J connectivity index is 1.56. The molecule has 5 heteroatoms. The minimum atomic E-state index is -0.186. The molecule has 0 saturated heterocycles. The lowest BCUT2D eigenvalue weighted by molar-refractivity contribution is -0.115. The van der Waals surface area contributed by atoms with Crippen LogP contribution >= 0.6 is 0 Å². The first kappa shape index (κ1) is 17.7. The average Bonchev–Trinajstić information content (AvgIpc) is 3.18. The van der Waals surface area contributed by atoms with E-state index in [0.29, 0.717) is 11.7 Å². The molecule has 1 N–H and O–H groups in total. The number of carbonyl (C=O) groups excluding carboxylic acids is 1. The fourth-order valence-electron chi connectivity index (χ4n) is 3.10. The molecule has 0 saturated carbocycles. The number of hydrogen-bond donors (Lipinski definition) is 1. The molecule has 4 aromatic rings. The van der Waals surface area contributed by atoms with Crippen LogP contribution in [0, 0.1) is 0 Å². The molecule has 0 aliphatic heterocycles. The minimum Gasteiger partial charge on any atom is -0.338 e. The summed E-state index contributed by atoms with van der Waals surface area (Å²) in [5, 5.41) is 6.85. The fourth-order valence-corrected chi connectivity index (χ4v) is 3.10. The average molecular weight is 369 g/mol. The van der Waals surface area contributed by atoms with Crippen LogP contribution in [0.25, 0.3) is 0 Å². The lowest BCUT2D eigenvalue weighted by atomic mass is 9.91. The second-order valence-electron chi connectivity index (χ2n) is 6.39. The van der Waals surface area contributed by atoms with Crippen molar-refractivity contribution in [2.45, 2.75) is 12.3 Å². The van der Waals surface area contributed by atoms with Gasteiger partial charge in [0.2, 0.25) is 11.8 Å². The third-order valence-corrected chi connectivity index (χ3v) is 4.37. The molecule has 0 spiro atoms. The summed E-state index contributed by atoms with van der Waals surface area (Å²) in [4.78, 5) is 16.8. The van der Waals surface area contributed by atoms with Crippen molar-refractivity contribution < 1.29 is 9.32 Å². The summed E-state index contributed by atoms with van der Waals surface area (Å²) < 4.78 is 5.55. The number of amides is 1. The SMILES string of the molecule is O=C(Cc1noc(C(c2ccccc2)c2ccccc2)n1)Nc1ccccc1. The van der Waals surface area contributed by atoms with Crippen LogP contribution in [0.4, 0.5) is 5.69 Å². The zero-order valence-corrected chi connectivity index (χ0v) is 15.2. The highest BCUT2D eigenvalue weighted by atomic mass is 16.5.